The lowest BCUT2D eigenvalue weighted by Crippen LogP contribution is -2.13. The zero-order valence-corrected chi connectivity index (χ0v) is 15.9. The SMILES string of the molecule is COCCOCCOCCOCCOc1c(Br)cccc1Br. The summed E-state index contributed by atoms with van der Waals surface area (Å²) in [4.78, 5) is 0. The second kappa shape index (κ2) is 13.3. The number of hydrogen-bond donors (Lipinski definition) is 0. The highest BCUT2D eigenvalue weighted by Gasteiger charge is 2.05. The molecule has 0 saturated carbocycles. The van der Waals surface area contributed by atoms with Crippen LogP contribution in [0.4, 0.5) is 0 Å². The molecule has 0 aliphatic rings. The summed E-state index contributed by atoms with van der Waals surface area (Å²) in [6.45, 7) is 4.43. The Hall–Kier alpha value is -0.180. The molecular formula is C15H22Br2O5. The third kappa shape index (κ3) is 9.07. The van der Waals surface area contributed by atoms with Crippen LogP contribution in [0, 0.1) is 0 Å². The lowest BCUT2D eigenvalue weighted by atomic mass is 10.3. The van der Waals surface area contributed by atoms with Gasteiger partial charge < -0.3 is 23.7 Å². The Morgan fingerprint density at radius 2 is 1.18 bits per heavy atom. The van der Waals surface area contributed by atoms with Crippen molar-refractivity contribution >= 4 is 31.9 Å². The summed E-state index contributed by atoms with van der Waals surface area (Å²) >= 11 is 6.89. The molecule has 1 aromatic carbocycles. The molecule has 0 fully saturated rings. The van der Waals surface area contributed by atoms with Gasteiger partial charge in [0.25, 0.3) is 0 Å². The van der Waals surface area contributed by atoms with Gasteiger partial charge in [0, 0.05) is 7.11 Å². The van der Waals surface area contributed by atoms with Crippen molar-refractivity contribution in [1.29, 1.82) is 0 Å². The standard InChI is InChI=1S/C15H22Br2O5/c1-18-5-6-19-7-8-20-9-10-21-11-12-22-15-13(16)3-2-4-14(15)17/h2-4H,5-12H2,1H3. The van der Waals surface area contributed by atoms with Crippen LogP contribution in [0.25, 0.3) is 0 Å². The van der Waals surface area contributed by atoms with Crippen LogP contribution in [0.3, 0.4) is 0 Å². The lowest BCUT2D eigenvalue weighted by molar-refractivity contribution is 0.000112. The Morgan fingerprint density at radius 3 is 1.68 bits per heavy atom. The van der Waals surface area contributed by atoms with Gasteiger partial charge in [-0.2, -0.15) is 0 Å². The van der Waals surface area contributed by atoms with Crippen LogP contribution < -0.4 is 4.74 Å². The molecule has 0 unspecified atom stereocenters. The van der Waals surface area contributed by atoms with Crippen LogP contribution in [0.5, 0.6) is 5.75 Å². The quantitative estimate of drug-likeness (QED) is 0.439. The molecule has 7 heteroatoms. The van der Waals surface area contributed by atoms with Crippen molar-refractivity contribution in [2.75, 3.05) is 60.0 Å². The van der Waals surface area contributed by atoms with Crippen molar-refractivity contribution in [3.05, 3.63) is 27.1 Å². The van der Waals surface area contributed by atoms with E-state index < -0.39 is 0 Å². The molecule has 0 radical (unpaired) electrons. The highest BCUT2D eigenvalue weighted by Crippen LogP contribution is 2.32. The molecule has 0 aliphatic heterocycles. The van der Waals surface area contributed by atoms with Gasteiger partial charge in [0.15, 0.2) is 0 Å². The predicted octanol–water partition coefficient (Wildman–Crippen LogP) is 3.29. The molecule has 5 nitrogen and oxygen atoms in total. The molecule has 0 atom stereocenters. The number of benzene rings is 1. The number of ether oxygens (including phenoxy) is 5. The third-order valence-electron chi connectivity index (χ3n) is 2.57. The van der Waals surface area contributed by atoms with Crippen molar-refractivity contribution < 1.29 is 23.7 Å². The molecule has 1 aromatic rings. The van der Waals surface area contributed by atoms with Gasteiger partial charge in [0.2, 0.25) is 0 Å². The topological polar surface area (TPSA) is 46.2 Å². The van der Waals surface area contributed by atoms with Gasteiger partial charge in [0.1, 0.15) is 12.4 Å². The van der Waals surface area contributed by atoms with Crippen LogP contribution in [0.1, 0.15) is 0 Å². The summed E-state index contributed by atoms with van der Waals surface area (Å²) in [5, 5.41) is 0. The fourth-order valence-corrected chi connectivity index (χ4v) is 2.73. The van der Waals surface area contributed by atoms with E-state index in [1.165, 1.54) is 0 Å². The van der Waals surface area contributed by atoms with Crippen molar-refractivity contribution in [3.8, 4) is 5.75 Å². The zero-order chi connectivity index (χ0) is 16.0. The summed E-state index contributed by atoms with van der Waals surface area (Å²) in [5.41, 5.74) is 0. The summed E-state index contributed by atoms with van der Waals surface area (Å²) < 4.78 is 28.4. The average molecular weight is 442 g/mol. The molecule has 0 bridgehead atoms. The van der Waals surface area contributed by atoms with E-state index in [4.69, 9.17) is 23.7 Å². The molecule has 0 heterocycles. The second-order valence-corrected chi connectivity index (χ2v) is 5.94. The molecule has 22 heavy (non-hydrogen) atoms. The van der Waals surface area contributed by atoms with E-state index in [0.29, 0.717) is 52.9 Å². The van der Waals surface area contributed by atoms with E-state index in [1.807, 2.05) is 18.2 Å². The van der Waals surface area contributed by atoms with Crippen molar-refractivity contribution in [3.63, 3.8) is 0 Å². The first-order valence-electron chi connectivity index (χ1n) is 7.04. The first-order valence-corrected chi connectivity index (χ1v) is 8.63. The van der Waals surface area contributed by atoms with E-state index in [9.17, 15) is 0 Å². The maximum Gasteiger partial charge on any atom is 0.147 e. The molecule has 1 rings (SSSR count). The van der Waals surface area contributed by atoms with Crippen molar-refractivity contribution in [1.82, 2.24) is 0 Å². The normalized spacial score (nSPS) is 10.9. The number of halogens is 2. The molecule has 0 saturated heterocycles. The summed E-state index contributed by atoms with van der Waals surface area (Å²) in [6.07, 6.45) is 0. The van der Waals surface area contributed by atoms with Crippen LogP contribution in [-0.4, -0.2) is 60.0 Å². The molecule has 0 spiro atoms. The van der Waals surface area contributed by atoms with Crippen molar-refractivity contribution in [2.24, 2.45) is 0 Å². The summed E-state index contributed by atoms with van der Waals surface area (Å²) in [7, 11) is 1.65. The maximum atomic E-state index is 5.66. The fraction of sp³-hybridized carbons (Fsp3) is 0.600. The van der Waals surface area contributed by atoms with Gasteiger partial charge in [0.05, 0.1) is 55.2 Å². The van der Waals surface area contributed by atoms with Gasteiger partial charge in [-0.1, -0.05) is 6.07 Å². The molecule has 0 aliphatic carbocycles. The monoisotopic (exact) mass is 440 g/mol. The second-order valence-electron chi connectivity index (χ2n) is 4.23. The zero-order valence-electron chi connectivity index (χ0n) is 12.7. The number of rotatable bonds is 13. The smallest absolute Gasteiger partial charge is 0.147 e. The molecule has 0 aromatic heterocycles. The first-order chi connectivity index (χ1) is 10.8. The predicted molar refractivity (Wildman–Crippen MR) is 91.7 cm³/mol. The molecule has 0 amide bonds. The minimum Gasteiger partial charge on any atom is -0.489 e. The Morgan fingerprint density at radius 1 is 0.727 bits per heavy atom. The number of methoxy groups -OCH3 is 1. The van der Waals surface area contributed by atoms with Crippen molar-refractivity contribution in [2.45, 2.75) is 0 Å². The van der Waals surface area contributed by atoms with E-state index in [-0.39, 0.29) is 0 Å². The minimum atomic E-state index is 0.487. The fourth-order valence-electron chi connectivity index (χ4n) is 1.51. The Balaban J connectivity index is 1.92. The lowest BCUT2D eigenvalue weighted by Gasteiger charge is -2.10. The maximum absolute atomic E-state index is 5.66. The Labute approximate surface area is 148 Å². The first kappa shape index (κ1) is 19.9. The largest absolute Gasteiger partial charge is 0.489 e. The average Bonchev–Trinajstić information content (AvgIpc) is 2.51. The van der Waals surface area contributed by atoms with E-state index >= 15 is 0 Å². The summed E-state index contributed by atoms with van der Waals surface area (Å²) in [6, 6.07) is 5.81. The van der Waals surface area contributed by atoms with Gasteiger partial charge in [-0.25, -0.2) is 0 Å². The Kier molecular flexibility index (Phi) is 12.0. The highest BCUT2D eigenvalue weighted by molar-refractivity contribution is 9.11. The van der Waals surface area contributed by atoms with Gasteiger partial charge >= 0.3 is 0 Å². The number of hydrogen-bond acceptors (Lipinski definition) is 5. The van der Waals surface area contributed by atoms with E-state index in [2.05, 4.69) is 31.9 Å². The molecule has 0 N–H and O–H groups in total. The van der Waals surface area contributed by atoms with Crippen LogP contribution in [0.15, 0.2) is 27.1 Å². The van der Waals surface area contributed by atoms with Gasteiger partial charge in [-0.3, -0.25) is 0 Å². The summed E-state index contributed by atoms with van der Waals surface area (Å²) in [5.74, 6) is 0.788. The van der Waals surface area contributed by atoms with Crippen LogP contribution in [-0.2, 0) is 18.9 Å². The van der Waals surface area contributed by atoms with Crippen LogP contribution >= 0.6 is 31.9 Å². The Bertz CT molecular complexity index is 383. The third-order valence-corrected chi connectivity index (χ3v) is 3.82. The molecule has 126 valence electrons. The van der Waals surface area contributed by atoms with Gasteiger partial charge in [-0.15, -0.1) is 0 Å². The van der Waals surface area contributed by atoms with Gasteiger partial charge in [-0.05, 0) is 44.0 Å². The van der Waals surface area contributed by atoms with E-state index in [1.54, 1.807) is 7.11 Å². The minimum absolute atomic E-state index is 0.487. The number of para-hydroxylation sites is 1. The van der Waals surface area contributed by atoms with E-state index in [0.717, 1.165) is 14.7 Å². The highest BCUT2D eigenvalue weighted by atomic mass is 79.9. The van der Waals surface area contributed by atoms with Crippen LogP contribution in [0.2, 0.25) is 0 Å². The molecular weight excluding hydrogens is 420 g/mol.